The monoisotopic (exact) mass is 404 g/mol. The summed E-state index contributed by atoms with van der Waals surface area (Å²) < 4.78 is 16.6. The molecule has 154 valence electrons. The molecule has 0 amide bonds. The van der Waals surface area contributed by atoms with Crippen LogP contribution in [0.3, 0.4) is 0 Å². The van der Waals surface area contributed by atoms with Gasteiger partial charge in [0.25, 0.3) is 0 Å². The number of phenolic OH excluding ortho intramolecular Hbond substituents is 1. The first kappa shape index (κ1) is 21.0. The number of rotatable bonds is 9. The Morgan fingerprint density at radius 1 is 0.967 bits per heavy atom. The first-order chi connectivity index (χ1) is 14.6. The van der Waals surface area contributed by atoms with E-state index in [1.54, 1.807) is 36.4 Å². The van der Waals surface area contributed by atoms with Crippen molar-refractivity contribution < 1.29 is 24.1 Å². The van der Waals surface area contributed by atoms with E-state index in [4.69, 9.17) is 14.2 Å². The summed E-state index contributed by atoms with van der Waals surface area (Å²) in [5, 5.41) is 10.1. The maximum Gasteiger partial charge on any atom is 0.189 e. The summed E-state index contributed by atoms with van der Waals surface area (Å²) in [4.78, 5) is 12.8. The van der Waals surface area contributed by atoms with E-state index in [-0.39, 0.29) is 11.5 Å². The van der Waals surface area contributed by atoms with Crippen molar-refractivity contribution in [2.45, 2.75) is 13.5 Å². The van der Waals surface area contributed by atoms with Gasteiger partial charge in [0.2, 0.25) is 0 Å². The maximum absolute atomic E-state index is 12.8. The van der Waals surface area contributed by atoms with Crippen LogP contribution in [0, 0.1) is 0 Å². The smallest absolute Gasteiger partial charge is 0.189 e. The minimum Gasteiger partial charge on any atom is -0.507 e. The van der Waals surface area contributed by atoms with E-state index in [9.17, 15) is 9.90 Å². The molecule has 0 saturated carbocycles. The Morgan fingerprint density at radius 2 is 1.73 bits per heavy atom. The third-order valence-corrected chi connectivity index (χ3v) is 4.42. The highest BCUT2D eigenvalue weighted by Gasteiger charge is 2.13. The first-order valence-corrected chi connectivity index (χ1v) is 9.63. The third-order valence-electron chi connectivity index (χ3n) is 4.42. The van der Waals surface area contributed by atoms with Crippen LogP contribution >= 0.6 is 0 Å². The largest absolute Gasteiger partial charge is 0.507 e. The fourth-order valence-corrected chi connectivity index (χ4v) is 2.86. The molecule has 0 heterocycles. The van der Waals surface area contributed by atoms with E-state index in [1.165, 1.54) is 19.3 Å². The molecule has 5 nitrogen and oxygen atoms in total. The zero-order valence-electron chi connectivity index (χ0n) is 17.0. The van der Waals surface area contributed by atoms with Crippen molar-refractivity contribution in [2.75, 3.05) is 13.7 Å². The molecule has 3 aromatic rings. The Balaban J connectivity index is 1.83. The van der Waals surface area contributed by atoms with Gasteiger partial charge in [0.05, 0.1) is 19.3 Å². The van der Waals surface area contributed by atoms with Crippen LogP contribution in [0.2, 0.25) is 0 Å². The van der Waals surface area contributed by atoms with Gasteiger partial charge in [-0.25, -0.2) is 0 Å². The second-order valence-corrected chi connectivity index (χ2v) is 6.49. The Labute approximate surface area is 176 Å². The van der Waals surface area contributed by atoms with Gasteiger partial charge >= 0.3 is 0 Å². The lowest BCUT2D eigenvalue weighted by Gasteiger charge is -2.12. The third kappa shape index (κ3) is 5.41. The van der Waals surface area contributed by atoms with Crippen molar-refractivity contribution in [3.63, 3.8) is 0 Å². The van der Waals surface area contributed by atoms with Gasteiger partial charge in [-0.15, -0.1) is 0 Å². The Kier molecular flexibility index (Phi) is 7.11. The van der Waals surface area contributed by atoms with E-state index in [2.05, 4.69) is 0 Å². The van der Waals surface area contributed by atoms with E-state index in [0.29, 0.717) is 41.6 Å². The maximum atomic E-state index is 12.8. The standard InChI is InChI=1S/C25H24O5/c1-3-29-21-12-13-22(25(16-21)30-17-18-7-5-4-6-8-18)23(26)14-10-19-9-11-20(28-2)15-24(19)27/h4-16,27H,3,17H2,1-2H3. The van der Waals surface area contributed by atoms with Gasteiger partial charge in [0.15, 0.2) is 5.78 Å². The number of hydrogen-bond acceptors (Lipinski definition) is 5. The Hall–Kier alpha value is -3.73. The molecule has 0 bridgehead atoms. The molecule has 0 aliphatic rings. The normalized spacial score (nSPS) is 10.7. The lowest BCUT2D eigenvalue weighted by molar-refractivity contribution is 0.104. The number of ketones is 1. The number of allylic oxidation sites excluding steroid dienone is 1. The van der Waals surface area contributed by atoms with Gasteiger partial charge in [0.1, 0.15) is 29.6 Å². The predicted molar refractivity (Wildman–Crippen MR) is 116 cm³/mol. The number of phenols is 1. The molecule has 0 radical (unpaired) electrons. The quantitative estimate of drug-likeness (QED) is 0.389. The lowest BCUT2D eigenvalue weighted by Crippen LogP contribution is -2.03. The average Bonchev–Trinajstić information content (AvgIpc) is 2.77. The Bertz CT molecular complexity index is 1020. The minimum atomic E-state index is -0.240. The summed E-state index contributed by atoms with van der Waals surface area (Å²) in [5.41, 5.74) is 1.93. The molecule has 30 heavy (non-hydrogen) atoms. The number of hydrogen-bond donors (Lipinski definition) is 1. The van der Waals surface area contributed by atoms with Crippen molar-refractivity contribution in [1.82, 2.24) is 0 Å². The van der Waals surface area contributed by atoms with Gasteiger partial charge in [0, 0.05) is 17.7 Å². The zero-order chi connectivity index (χ0) is 21.3. The molecular weight excluding hydrogens is 380 g/mol. The molecule has 1 N–H and O–H groups in total. The van der Waals surface area contributed by atoms with Crippen LogP contribution in [0.5, 0.6) is 23.0 Å². The number of aromatic hydroxyl groups is 1. The number of carbonyl (C=O) groups excluding carboxylic acids is 1. The average molecular weight is 404 g/mol. The fourth-order valence-electron chi connectivity index (χ4n) is 2.86. The van der Waals surface area contributed by atoms with Crippen LogP contribution in [-0.2, 0) is 6.61 Å². The fraction of sp³-hybridized carbons (Fsp3) is 0.160. The molecule has 0 unspecified atom stereocenters. The summed E-state index contributed by atoms with van der Waals surface area (Å²) in [5.74, 6) is 1.41. The molecule has 0 fully saturated rings. The van der Waals surface area contributed by atoms with Gasteiger partial charge in [-0.3, -0.25) is 4.79 Å². The van der Waals surface area contributed by atoms with Crippen molar-refractivity contribution in [3.05, 3.63) is 89.5 Å². The number of carbonyl (C=O) groups is 1. The van der Waals surface area contributed by atoms with E-state index >= 15 is 0 Å². The minimum absolute atomic E-state index is 0.0330. The molecule has 0 aromatic heterocycles. The molecule has 0 atom stereocenters. The molecule has 3 aromatic carbocycles. The van der Waals surface area contributed by atoms with Crippen LogP contribution in [0.1, 0.15) is 28.4 Å². The van der Waals surface area contributed by atoms with Gasteiger partial charge in [-0.05, 0) is 48.9 Å². The van der Waals surface area contributed by atoms with Crippen molar-refractivity contribution in [1.29, 1.82) is 0 Å². The van der Waals surface area contributed by atoms with Crippen LogP contribution in [0.4, 0.5) is 0 Å². The highest BCUT2D eigenvalue weighted by atomic mass is 16.5. The van der Waals surface area contributed by atoms with E-state index in [0.717, 1.165) is 5.56 Å². The second kappa shape index (κ2) is 10.2. The lowest BCUT2D eigenvalue weighted by atomic mass is 10.1. The summed E-state index contributed by atoms with van der Waals surface area (Å²) >= 11 is 0. The molecule has 0 saturated heterocycles. The predicted octanol–water partition coefficient (Wildman–Crippen LogP) is 5.27. The topological polar surface area (TPSA) is 65.0 Å². The summed E-state index contributed by atoms with van der Waals surface area (Å²) in [6.45, 7) is 2.75. The number of methoxy groups -OCH3 is 1. The highest BCUT2D eigenvalue weighted by molar-refractivity contribution is 6.08. The molecular formula is C25H24O5. The first-order valence-electron chi connectivity index (χ1n) is 9.63. The number of benzene rings is 3. The van der Waals surface area contributed by atoms with E-state index in [1.807, 2.05) is 37.3 Å². The highest BCUT2D eigenvalue weighted by Crippen LogP contribution is 2.28. The SMILES string of the molecule is CCOc1ccc(C(=O)C=Cc2ccc(OC)cc2O)c(OCc2ccccc2)c1. The van der Waals surface area contributed by atoms with Gasteiger partial charge in [-0.1, -0.05) is 30.3 Å². The van der Waals surface area contributed by atoms with Crippen LogP contribution in [-0.4, -0.2) is 24.6 Å². The van der Waals surface area contributed by atoms with Crippen molar-refractivity contribution >= 4 is 11.9 Å². The van der Waals surface area contributed by atoms with Crippen LogP contribution in [0.15, 0.2) is 72.8 Å². The van der Waals surface area contributed by atoms with Crippen LogP contribution < -0.4 is 14.2 Å². The summed E-state index contributed by atoms with van der Waals surface area (Å²) in [7, 11) is 1.52. The van der Waals surface area contributed by atoms with Gasteiger partial charge in [-0.2, -0.15) is 0 Å². The summed E-state index contributed by atoms with van der Waals surface area (Å²) in [6, 6.07) is 19.8. The molecule has 0 spiro atoms. The summed E-state index contributed by atoms with van der Waals surface area (Å²) in [6.07, 6.45) is 2.97. The van der Waals surface area contributed by atoms with E-state index < -0.39 is 0 Å². The van der Waals surface area contributed by atoms with Gasteiger partial charge < -0.3 is 19.3 Å². The second-order valence-electron chi connectivity index (χ2n) is 6.49. The zero-order valence-corrected chi connectivity index (χ0v) is 17.0. The molecule has 0 aliphatic carbocycles. The van der Waals surface area contributed by atoms with Crippen molar-refractivity contribution in [2.24, 2.45) is 0 Å². The van der Waals surface area contributed by atoms with Crippen LogP contribution in [0.25, 0.3) is 6.08 Å². The molecule has 5 heteroatoms. The van der Waals surface area contributed by atoms with Crippen molar-refractivity contribution in [3.8, 4) is 23.0 Å². The molecule has 0 aliphatic heterocycles. The molecule has 3 rings (SSSR count). The number of ether oxygens (including phenoxy) is 3. The Morgan fingerprint density at radius 3 is 2.43 bits per heavy atom.